The molecule has 2 heterocycles. The molecule has 0 radical (unpaired) electrons. The standard InChI is InChI=1S/C11H22N2O/c12-10-3-6-13(7-4-10)11-2-1-8-14-9-5-11/h10-11H,1-9,12H2. The molecule has 2 fully saturated rings. The number of hydrogen-bond acceptors (Lipinski definition) is 3. The number of likely N-dealkylation sites (tertiary alicyclic amines) is 1. The van der Waals surface area contributed by atoms with E-state index in [1.807, 2.05) is 0 Å². The molecule has 14 heavy (non-hydrogen) atoms. The van der Waals surface area contributed by atoms with E-state index in [1.165, 1.54) is 45.2 Å². The number of ether oxygens (including phenoxy) is 1. The van der Waals surface area contributed by atoms with E-state index >= 15 is 0 Å². The number of rotatable bonds is 1. The molecule has 2 N–H and O–H groups in total. The van der Waals surface area contributed by atoms with Gasteiger partial charge in [-0.25, -0.2) is 0 Å². The van der Waals surface area contributed by atoms with Crippen molar-refractivity contribution >= 4 is 0 Å². The van der Waals surface area contributed by atoms with Crippen LogP contribution < -0.4 is 5.73 Å². The minimum atomic E-state index is 0.452. The van der Waals surface area contributed by atoms with Gasteiger partial charge in [0.2, 0.25) is 0 Å². The zero-order valence-corrected chi connectivity index (χ0v) is 8.95. The highest BCUT2D eigenvalue weighted by Crippen LogP contribution is 2.19. The van der Waals surface area contributed by atoms with E-state index in [-0.39, 0.29) is 0 Å². The van der Waals surface area contributed by atoms with Crippen LogP contribution >= 0.6 is 0 Å². The predicted octanol–water partition coefficient (Wildman–Crippen LogP) is 0.979. The normalized spacial score (nSPS) is 32.8. The summed E-state index contributed by atoms with van der Waals surface area (Å²) in [5, 5.41) is 0. The molecule has 0 aromatic rings. The van der Waals surface area contributed by atoms with Gasteiger partial charge in [0.25, 0.3) is 0 Å². The molecule has 1 unspecified atom stereocenters. The molecule has 3 heteroatoms. The fourth-order valence-electron chi connectivity index (χ4n) is 2.54. The van der Waals surface area contributed by atoms with Crippen molar-refractivity contribution in [3.63, 3.8) is 0 Å². The Kier molecular flexibility index (Phi) is 3.79. The van der Waals surface area contributed by atoms with E-state index in [0.717, 1.165) is 19.3 Å². The van der Waals surface area contributed by atoms with E-state index in [9.17, 15) is 0 Å². The Morgan fingerprint density at radius 3 is 2.57 bits per heavy atom. The molecule has 0 amide bonds. The summed E-state index contributed by atoms with van der Waals surface area (Å²) in [6.07, 6.45) is 6.12. The van der Waals surface area contributed by atoms with Gasteiger partial charge < -0.3 is 15.4 Å². The lowest BCUT2D eigenvalue weighted by atomic mass is 10.0. The SMILES string of the molecule is NC1CCN(C2CCCOCC2)CC1. The van der Waals surface area contributed by atoms with E-state index < -0.39 is 0 Å². The minimum Gasteiger partial charge on any atom is -0.381 e. The summed E-state index contributed by atoms with van der Waals surface area (Å²) < 4.78 is 5.49. The average molecular weight is 198 g/mol. The highest BCUT2D eigenvalue weighted by Gasteiger charge is 2.23. The van der Waals surface area contributed by atoms with Crippen molar-refractivity contribution < 1.29 is 4.74 Å². The molecule has 2 saturated heterocycles. The van der Waals surface area contributed by atoms with Gasteiger partial charge in [-0.2, -0.15) is 0 Å². The summed E-state index contributed by atoms with van der Waals surface area (Å²) >= 11 is 0. The molecule has 0 aromatic carbocycles. The smallest absolute Gasteiger partial charge is 0.0480 e. The van der Waals surface area contributed by atoms with Crippen molar-refractivity contribution in [2.75, 3.05) is 26.3 Å². The van der Waals surface area contributed by atoms with Crippen LogP contribution in [0, 0.1) is 0 Å². The van der Waals surface area contributed by atoms with Crippen molar-refractivity contribution in [1.82, 2.24) is 4.90 Å². The van der Waals surface area contributed by atoms with E-state index in [2.05, 4.69) is 4.90 Å². The Balaban J connectivity index is 1.81. The minimum absolute atomic E-state index is 0.452. The first-order valence-electron chi connectivity index (χ1n) is 5.93. The van der Waals surface area contributed by atoms with Gasteiger partial charge in [-0.05, 0) is 45.2 Å². The molecule has 1 atom stereocenters. The van der Waals surface area contributed by atoms with Crippen LogP contribution in [0.3, 0.4) is 0 Å². The molecule has 0 aliphatic carbocycles. The Morgan fingerprint density at radius 2 is 1.79 bits per heavy atom. The number of piperidine rings is 1. The van der Waals surface area contributed by atoms with Gasteiger partial charge >= 0.3 is 0 Å². The molecular weight excluding hydrogens is 176 g/mol. The number of nitrogens with zero attached hydrogens (tertiary/aromatic N) is 1. The third-order valence-corrected chi connectivity index (χ3v) is 3.51. The first-order valence-corrected chi connectivity index (χ1v) is 5.93. The second kappa shape index (κ2) is 5.10. The Morgan fingerprint density at radius 1 is 1.00 bits per heavy atom. The van der Waals surface area contributed by atoms with Crippen LogP contribution in [0.15, 0.2) is 0 Å². The van der Waals surface area contributed by atoms with E-state index in [1.54, 1.807) is 0 Å². The summed E-state index contributed by atoms with van der Waals surface area (Å²) in [6.45, 7) is 4.31. The Hall–Kier alpha value is -0.120. The first-order chi connectivity index (χ1) is 6.86. The summed E-state index contributed by atoms with van der Waals surface area (Å²) in [4.78, 5) is 2.62. The van der Waals surface area contributed by atoms with E-state index in [4.69, 9.17) is 10.5 Å². The molecule has 0 spiro atoms. The lowest BCUT2D eigenvalue weighted by Gasteiger charge is -2.36. The zero-order chi connectivity index (χ0) is 9.80. The topological polar surface area (TPSA) is 38.5 Å². The summed E-state index contributed by atoms with van der Waals surface area (Å²) in [5.41, 5.74) is 5.91. The van der Waals surface area contributed by atoms with Crippen LogP contribution in [0.4, 0.5) is 0 Å². The average Bonchev–Trinajstić information content (AvgIpc) is 2.47. The molecule has 82 valence electrons. The molecule has 2 aliphatic rings. The molecular formula is C11H22N2O. The largest absolute Gasteiger partial charge is 0.381 e. The zero-order valence-electron chi connectivity index (χ0n) is 8.95. The fourth-order valence-corrected chi connectivity index (χ4v) is 2.54. The molecule has 0 bridgehead atoms. The van der Waals surface area contributed by atoms with Crippen LogP contribution in [0.2, 0.25) is 0 Å². The predicted molar refractivity (Wildman–Crippen MR) is 57.2 cm³/mol. The lowest BCUT2D eigenvalue weighted by molar-refractivity contribution is 0.116. The Bertz CT molecular complexity index is 159. The highest BCUT2D eigenvalue weighted by molar-refractivity contribution is 4.80. The first kappa shape index (κ1) is 10.4. The molecule has 2 rings (SSSR count). The van der Waals surface area contributed by atoms with Gasteiger partial charge in [0.15, 0.2) is 0 Å². The van der Waals surface area contributed by atoms with Crippen LogP contribution in [-0.4, -0.2) is 43.3 Å². The molecule has 0 aromatic heterocycles. The van der Waals surface area contributed by atoms with Crippen LogP contribution in [-0.2, 0) is 4.74 Å². The van der Waals surface area contributed by atoms with Crippen molar-refractivity contribution in [2.45, 2.75) is 44.2 Å². The third-order valence-electron chi connectivity index (χ3n) is 3.51. The molecule has 2 aliphatic heterocycles. The summed E-state index contributed by atoms with van der Waals surface area (Å²) in [5.74, 6) is 0. The van der Waals surface area contributed by atoms with Crippen molar-refractivity contribution in [3.05, 3.63) is 0 Å². The monoisotopic (exact) mass is 198 g/mol. The summed E-state index contributed by atoms with van der Waals surface area (Å²) in [7, 11) is 0. The molecule has 3 nitrogen and oxygen atoms in total. The van der Waals surface area contributed by atoms with Crippen LogP contribution in [0.25, 0.3) is 0 Å². The van der Waals surface area contributed by atoms with Gasteiger partial charge in [-0.15, -0.1) is 0 Å². The van der Waals surface area contributed by atoms with Gasteiger partial charge in [0.1, 0.15) is 0 Å². The highest BCUT2D eigenvalue weighted by atomic mass is 16.5. The lowest BCUT2D eigenvalue weighted by Crippen LogP contribution is -2.45. The van der Waals surface area contributed by atoms with Crippen LogP contribution in [0.1, 0.15) is 32.1 Å². The Labute approximate surface area is 86.6 Å². The fraction of sp³-hybridized carbons (Fsp3) is 1.00. The van der Waals surface area contributed by atoms with Crippen molar-refractivity contribution in [3.8, 4) is 0 Å². The number of hydrogen-bond donors (Lipinski definition) is 1. The van der Waals surface area contributed by atoms with Gasteiger partial charge in [-0.1, -0.05) is 0 Å². The van der Waals surface area contributed by atoms with Gasteiger partial charge in [0.05, 0.1) is 0 Å². The van der Waals surface area contributed by atoms with E-state index in [0.29, 0.717) is 6.04 Å². The maximum atomic E-state index is 5.91. The maximum Gasteiger partial charge on any atom is 0.0480 e. The quantitative estimate of drug-likeness (QED) is 0.682. The number of nitrogens with two attached hydrogens (primary N) is 1. The molecule has 0 saturated carbocycles. The summed E-state index contributed by atoms with van der Waals surface area (Å²) in [6, 6.07) is 1.22. The maximum absolute atomic E-state index is 5.91. The van der Waals surface area contributed by atoms with Crippen LogP contribution in [0.5, 0.6) is 0 Å². The third kappa shape index (κ3) is 2.69. The second-order valence-electron chi connectivity index (χ2n) is 4.57. The van der Waals surface area contributed by atoms with Crippen molar-refractivity contribution in [2.24, 2.45) is 5.73 Å². The second-order valence-corrected chi connectivity index (χ2v) is 4.57. The van der Waals surface area contributed by atoms with Gasteiger partial charge in [-0.3, -0.25) is 0 Å². The van der Waals surface area contributed by atoms with Crippen molar-refractivity contribution in [1.29, 1.82) is 0 Å². The van der Waals surface area contributed by atoms with Gasteiger partial charge in [0, 0.05) is 25.3 Å².